The van der Waals surface area contributed by atoms with Gasteiger partial charge >= 0.3 is 12.4 Å². The Kier molecular flexibility index (Phi) is 8.74. The van der Waals surface area contributed by atoms with Gasteiger partial charge in [0.1, 0.15) is 12.8 Å². The molecule has 0 fully saturated rings. The molecule has 0 aromatic heterocycles. The van der Waals surface area contributed by atoms with Gasteiger partial charge in [-0.25, -0.2) is 0 Å². The van der Waals surface area contributed by atoms with Crippen molar-refractivity contribution < 1.29 is 36.2 Å². The smallest absolute Gasteiger partial charge is 0.383 e. The van der Waals surface area contributed by atoms with Gasteiger partial charge < -0.3 is 14.7 Å². The Morgan fingerprint density at radius 1 is 1.21 bits per heavy atom. The van der Waals surface area contributed by atoms with E-state index in [1.54, 1.807) is 0 Å². The number of aliphatic hydroxyl groups excluding tert-OH is 1. The summed E-state index contributed by atoms with van der Waals surface area (Å²) in [4.78, 5) is 2.04. The summed E-state index contributed by atoms with van der Waals surface area (Å²) in [6.45, 7) is 0.368. The average Bonchev–Trinajstić information content (AvgIpc) is 2.63. The fraction of sp³-hybridized carbons (Fsp3) is 0.611. The second-order valence-electron chi connectivity index (χ2n) is 6.45. The van der Waals surface area contributed by atoms with Crippen LogP contribution in [0.15, 0.2) is 18.2 Å². The topological polar surface area (TPSA) is 59.7 Å². The molecular formula is C18H23F6N3O2. The van der Waals surface area contributed by atoms with Crippen molar-refractivity contribution in [1.29, 1.82) is 5.26 Å². The predicted octanol–water partition coefficient (Wildman–Crippen LogP) is 3.62. The Hall–Kier alpha value is -2.03. The molecule has 1 rings (SSSR count). The Bertz CT molecular complexity index is 702. The average molecular weight is 427 g/mol. The molecule has 0 aliphatic rings. The number of aliphatic hydroxyl groups is 1. The second kappa shape index (κ2) is 10.1. The van der Waals surface area contributed by atoms with Crippen molar-refractivity contribution in [3.63, 3.8) is 0 Å². The highest BCUT2D eigenvalue weighted by molar-refractivity contribution is 5.55. The van der Waals surface area contributed by atoms with Crippen molar-refractivity contribution in [3.05, 3.63) is 29.3 Å². The molecule has 0 saturated carbocycles. The fourth-order valence-corrected chi connectivity index (χ4v) is 2.89. The van der Waals surface area contributed by atoms with Gasteiger partial charge in [-0.15, -0.1) is 0 Å². The number of rotatable bonds is 9. The summed E-state index contributed by atoms with van der Waals surface area (Å²) in [5.74, 6) is 0. The number of benzene rings is 1. The van der Waals surface area contributed by atoms with Crippen LogP contribution in [0, 0.1) is 11.3 Å². The molecule has 0 saturated heterocycles. The van der Waals surface area contributed by atoms with Gasteiger partial charge in [-0.05, 0) is 31.7 Å². The van der Waals surface area contributed by atoms with E-state index in [0.29, 0.717) is 11.0 Å². The maximum atomic E-state index is 13.3. The zero-order valence-electron chi connectivity index (χ0n) is 16.2. The molecule has 29 heavy (non-hydrogen) atoms. The van der Waals surface area contributed by atoms with Gasteiger partial charge in [0.05, 0.1) is 29.8 Å². The molecule has 11 heteroatoms. The van der Waals surface area contributed by atoms with E-state index in [1.807, 2.05) is 0 Å². The number of hydrogen-bond acceptors (Lipinski definition) is 5. The molecule has 1 N–H and O–H groups in total. The third kappa shape index (κ3) is 7.06. The summed E-state index contributed by atoms with van der Waals surface area (Å²) in [5.41, 5.74) is -2.42. The molecular weight excluding hydrogens is 404 g/mol. The first-order valence-corrected chi connectivity index (χ1v) is 8.67. The lowest BCUT2D eigenvalue weighted by molar-refractivity contribution is -0.137. The standard InChI is InChI=1S/C18H23F6N3O2/c1-4-15(16(28)26(2)7-8-29-3)27(11-17(19,20)21)13-6-5-12(10-25)14(9-13)18(22,23)24/h5-6,9,15-16,28H,4,7-8,11H2,1-3H3. The van der Waals surface area contributed by atoms with Crippen LogP contribution < -0.4 is 4.90 Å². The fourth-order valence-electron chi connectivity index (χ4n) is 2.89. The minimum absolute atomic E-state index is 0.0237. The highest BCUT2D eigenvalue weighted by atomic mass is 19.4. The highest BCUT2D eigenvalue weighted by Gasteiger charge is 2.39. The Morgan fingerprint density at radius 3 is 2.28 bits per heavy atom. The van der Waals surface area contributed by atoms with Crippen molar-refractivity contribution in [1.82, 2.24) is 4.90 Å². The SMILES string of the molecule is CCC(C(O)N(C)CCOC)N(CC(F)(F)F)c1ccc(C#N)c(C(F)(F)F)c1. The third-order valence-corrected chi connectivity index (χ3v) is 4.37. The van der Waals surface area contributed by atoms with Gasteiger partial charge in [0.15, 0.2) is 0 Å². The van der Waals surface area contributed by atoms with E-state index in [2.05, 4.69) is 0 Å². The van der Waals surface area contributed by atoms with Crippen LogP contribution in [0.4, 0.5) is 32.0 Å². The quantitative estimate of drug-likeness (QED) is 0.482. The maximum Gasteiger partial charge on any atom is 0.417 e. The Labute approximate surface area is 165 Å². The number of anilines is 1. The summed E-state index contributed by atoms with van der Waals surface area (Å²) in [5, 5.41) is 19.4. The van der Waals surface area contributed by atoms with Gasteiger partial charge in [-0.2, -0.15) is 31.6 Å². The molecule has 1 aromatic rings. The van der Waals surface area contributed by atoms with Crippen LogP contribution in [0.3, 0.4) is 0 Å². The number of nitriles is 1. The molecule has 5 nitrogen and oxygen atoms in total. The molecule has 1 aromatic carbocycles. The van der Waals surface area contributed by atoms with Crippen molar-refractivity contribution in [2.75, 3.05) is 38.8 Å². The van der Waals surface area contributed by atoms with E-state index in [1.165, 1.54) is 32.1 Å². The molecule has 0 aliphatic heterocycles. The predicted molar refractivity (Wildman–Crippen MR) is 94.2 cm³/mol. The summed E-state index contributed by atoms with van der Waals surface area (Å²) in [6.07, 6.45) is -11.0. The van der Waals surface area contributed by atoms with Crippen LogP contribution in [0.1, 0.15) is 24.5 Å². The summed E-state index contributed by atoms with van der Waals surface area (Å²) in [6, 6.07) is 2.59. The van der Waals surface area contributed by atoms with Gasteiger partial charge in [-0.1, -0.05) is 6.92 Å². The zero-order valence-corrected chi connectivity index (χ0v) is 16.2. The van der Waals surface area contributed by atoms with E-state index < -0.39 is 42.3 Å². The number of nitrogens with zero attached hydrogens (tertiary/aromatic N) is 3. The van der Waals surface area contributed by atoms with Crippen molar-refractivity contribution in [3.8, 4) is 6.07 Å². The summed E-state index contributed by atoms with van der Waals surface area (Å²) < 4.78 is 84.3. The molecule has 2 atom stereocenters. The number of likely N-dealkylation sites (N-methyl/N-ethyl adjacent to an activating group) is 1. The number of methoxy groups -OCH3 is 1. The molecule has 0 aliphatic carbocycles. The number of hydrogen-bond donors (Lipinski definition) is 1. The Balaban J connectivity index is 3.43. The molecule has 164 valence electrons. The Morgan fingerprint density at radius 2 is 1.83 bits per heavy atom. The number of halogens is 6. The first-order valence-electron chi connectivity index (χ1n) is 8.67. The molecule has 2 unspecified atom stereocenters. The normalized spacial score (nSPS) is 14.6. The molecule has 0 radical (unpaired) electrons. The lowest BCUT2D eigenvalue weighted by Crippen LogP contribution is -2.53. The summed E-state index contributed by atoms with van der Waals surface area (Å²) >= 11 is 0. The van der Waals surface area contributed by atoms with Crippen molar-refractivity contribution in [2.45, 2.75) is 38.0 Å². The van der Waals surface area contributed by atoms with Crippen LogP contribution >= 0.6 is 0 Å². The monoisotopic (exact) mass is 427 g/mol. The lowest BCUT2D eigenvalue weighted by Gasteiger charge is -2.40. The molecule has 0 heterocycles. The van der Waals surface area contributed by atoms with Gasteiger partial charge in [-0.3, -0.25) is 4.90 Å². The van der Waals surface area contributed by atoms with Crippen LogP contribution in [-0.2, 0) is 10.9 Å². The van der Waals surface area contributed by atoms with Gasteiger partial charge in [0, 0.05) is 19.3 Å². The minimum atomic E-state index is -4.92. The van der Waals surface area contributed by atoms with Crippen molar-refractivity contribution >= 4 is 5.69 Å². The van der Waals surface area contributed by atoms with Crippen molar-refractivity contribution in [2.24, 2.45) is 0 Å². The molecule has 0 amide bonds. The molecule has 0 spiro atoms. The van der Waals surface area contributed by atoms with E-state index >= 15 is 0 Å². The molecule has 0 bridgehead atoms. The van der Waals surface area contributed by atoms with Crippen LogP contribution in [0.5, 0.6) is 0 Å². The highest BCUT2D eigenvalue weighted by Crippen LogP contribution is 2.36. The first kappa shape index (κ1) is 25.0. The maximum absolute atomic E-state index is 13.3. The van der Waals surface area contributed by atoms with E-state index in [0.717, 1.165) is 12.1 Å². The zero-order chi connectivity index (χ0) is 22.4. The van der Waals surface area contributed by atoms with Gasteiger partial charge in [0.25, 0.3) is 0 Å². The largest absolute Gasteiger partial charge is 0.417 e. The van der Waals surface area contributed by atoms with Gasteiger partial charge in [0.2, 0.25) is 0 Å². The van der Waals surface area contributed by atoms with E-state index in [4.69, 9.17) is 10.00 Å². The second-order valence-corrected chi connectivity index (χ2v) is 6.45. The van der Waals surface area contributed by atoms with Crippen LogP contribution in [-0.4, -0.2) is 62.3 Å². The van der Waals surface area contributed by atoms with Crippen LogP contribution in [0.2, 0.25) is 0 Å². The number of ether oxygens (including phenoxy) is 1. The first-order chi connectivity index (χ1) is 13.4. The summed E-state index contributed by atoms with van der Waals surface area (Å²) in [7, 11) is 2.89. The van der Waals surface area contributed by atoms with Crippen LogP contribution in [0.25, 0.3) is 0 Å². The van der Waals surface area contributed by atoms with E-state index in [9.17, 15) is 31.4 Å². The third-order valence-electron chi connectivity index (χ3n) is 4.37. The van der Waals surface area contributed by atoms with E-state index in [-0.39, 0.29) is 25.3 Å². The number of alkyl halides is 6. The minimum Gasteiger partial charge on any atom is -0.383 e. The lowest BCUT2D eigenvalue weighted by atomic mass is 10.0.